The van der Waals surface area contributed by atoms with Crippen LogP contribution in [0, 0.1) is 0 Å². The summed E-state index contributed by atoms with van der Waals surface area (Å²) < 4.78 is 5.53. The maximum Gasteiger partial charge on any atom is 0.307 e. The lowest BCUT2D eigenvalue weighted by Gasteiger charge is -2.34. The number of carbonyl (C=O) groups is 1. The summed E-state index contributed by atoms with van der Waals surface area (Å²) >= 11 is 12.3. The van der Waals surface area contributed by atoms with Crippen molar-refractivity contribution in [1.29, 1.82) is 0 Å². The molecule has 2 fully saturated rings. The second-order valence-corrected chi connectivity index (χ2v) is 10.3. The summed E-state index contributed by atoms with van der Waals surface area (Å²) in [5, 5.41) is 34.0. The lowest BCUT2D eigenvalue weighted by atomic mass is 10.0. The van der Waals surface area contributed by atoms with Gasteiger partial charge in [-0.2, -0.15) is 0 Å². The summed E-state index contributed by atoms with van der Waals surface area (Å²) in [6, 6.07) is 11.4. The second kappa shape index (κ2) is 12.4. The van der Waals surface area contributed by atoms with Crippen LogP contribution in [0.25, 0.3) is 0 Å². The van der Waals surface area contributed by atoms with Crippen molar-refractivity contribution in [3.8, 4) is 5.75 Å². The molecule has 4 N–H and O–H groups in total. The van der Waals surface area contributed by atoms with Gasteiger partial charge in [0.15, 0.2) is 0 Å². The van der Waals surface area contributed by atoms with Crippen LogP contribution >= 0.6 is 23.2 Å². The van der Waals surface area contributed by atoms with Crippen molar-refractivity contribution in [3.05, 3.63) is 57.6 Å². The van der Waals surface area contributed by atoms with Gasteiger partial charge in [-0.15, -0.1) is 0 Å². The summed E-state index contributed by atoms with van der Waals surface area (Å²) in [6.45, 7) is 3.68. The zero-order chi connectivity index (χ0) is 25.7. The van der Waals surface area contributed by atoms with Gasteiger partial charge < -0.3 is 30.3 Å². The molecule has 196 valence electrons. The largest absolute Gasteiger partial charge is 0.490 e. The third-order valence-corrected chi connectivity index (χ3v) is 7.36. The van der Waals surface area contributed by atoms with E-state index in [2.05, 4.69) is 22.3 Å². The third-order valence-electron chi connectivity index (χ3n) is 6.81. The first kappa shape index (κ1) is 27.0. The molecule has 2 atom stereocenters. The van der Waals surface area contributed by atoms with Crippen LogP contribution in [-0.2, 0) is 17.8 Å². The number of aliphatic hydroxyl groups excluding tert-OH is 2. The zero-order valence-corrected chi connectivity index (χ0v) is 21.6. The average molecular weight is 538 g/mol. The Balaban J connectivity index is 1.36. The number of likely N-dealkylation sites (tertiary alicyclic amines) is 1. The molecule has 0 radical (unpaired) electrons. The number of nitrogens with one attached hydrogen (secondary N) is 1. The predicted molar refractivity (Wildman–Crippen MR) is 140 cm³/mol. The van der Waals surface area contributed by atoms with Crippen molar-refractivity contribution in [2.24, 2.45) is 0 Å². The fourth-order valence-corrected chi connectivity index (χ4v) is 5.37. The van der Waals surface area contributed by atoms with Gasteiger partial charge in [-0.1, -0.05) is 35.3 Å². The van der Waals surface area contributed by atoms with E-state index in [0.717, 1.165) is 37.5 Å². The van der Waals surface area contributed by atoms with Gasteiger partial charge in [-0.05, 0) is 55.3 Å². The standard InChI is InChI=1S/C26H33Cl2N3O5/c27-19-3-1-17(2-4-19)14-30-7-5-20(6-8-30)29-22-15-31(16-24(22)33)23-13-25(36-10-9-32)21(28)11-18(23)12-26(34)35/h1-4,11,13,20,22,24,29,32-33H,5-10,12,14-16H2,(H,34,35). The van der Waals surface area contributed by atoms with Crippen LogP contribution in [0.1, 0.15) is 24.0 Å². The number of carboxylic acids is 1. The Kier molecular flexibility index (Phi) is 9.33. The first-order valence-corrected chi connectivity index (χ1v) is 13.0. The van der Waals surface area contributed by atoms with Crippen LogP contribution in [0.15, 0.2) is 36.4 Å². The molecular formula is C26H33Cl2N3O5. The molecule has 2 unspecified atom stereocenters. The molecule has 0 aromatic heterocycles. The number of anilines is 1. The predicted octanol–water partition coefficient (Wildman–Crippen LogP) is 2.80. The molecule has 2 aromatic carbocycles. The number of carboxylic acid groups (broad SMARTS) is 1. The minimum Gasteiger partial charge on any atom is -0.490 e. The summed E-state index contributed by atoms with van der Waals surface area (Å²) in [5.74, 6) is -0.579. The van der Waals surface area contributed by atoms with Gasteiger partial charge in [0.2, 0.25) is 0 Å². The molecule has 4 rings (SSSR count). The van der Waals surface area contributed by atoms with Gasteiger partial charge in [-0.3, -0.25) is 9.69 Å². The molecule has 0 spiro atoms. The highest BCUT2D eigenvalue weighted by molar-refractivity contribution is 6.32. The van der Waals surface area contributed by atoms with Gasteiger partial charge in [0, 0.05) is 42.5 Å². The van der Waals surface area contributed by atoms with E-state index >= 15 is 0 Å². The number of piperidine rings is 1. The van der Waals surface area contributed by atoms with E-state index in [1.165, 1.54) is 5.56 Å². The highest BCUT2D eigenvalue weighted by Gasteiger charge is 2.35. The van der Waals surface area contributed by atoms with Crippen LogP contribution in [0.2, 0.25) is 10.0 Å². The molecule has 10 heteroatoms. The number of hydrogen-bond donors (Lipinski definition) is 4. The summed E-state index contributed by atoms with van der Waals surface area (Å²) in [5.41, 5.74) is 2.48. The topological polar surface area (TPSA) is 106 Å². The van der Waals surface area contributed by atoms with Crippen molar-refractivity contribution >= 4 is 34.9 Å². The molecule has 2 saturated heterocycles. The monoisotopic (exact) mass is 537 g/mol. The van der Waals surface area contributed by atoms with Crippen molar-refractivity contribution in [2.75, 3.05) is 44.3 Å². The maximum atomic E-state index is 11.5. The van der Waals surface area contributed by atoms with Gasteiger partial charge in [0.25, 0.3) is 0 Å². The summed E-state index contributed by atoms with van der Waals surface area (Å²) in [4.78, 5) is 15.9. The molecule has 0 bridgehead atoms. The first-order valence-electron chi connectivity index (χ1n) is 12.3. The fourth-order valence-electron chi connectivity index (χ4n) is 5.00. The van der Waals surface area contributed by atoms with E-state index in [-0.39, 0.29) is 25.7 Å². The van der Waals surface area contributed by atoms with Crippen molar-refractivity contribution in [1.82, 2.24) is 10.2 Å². The number of benzene rings is 2. The lowest BCUT2D eigenvalue weighted by Crippen LogP contribution is -2.49. The van der Waals surface area contributed by atoms with E-state index in [1.807, 2.05) is 17.0 Å². The molecule has 2 heterocycles. The summed E-state index contributed by atoms with van der Waals surface area (Å²) in [7, 11) is 0. The number of ether oxygens (including phenoxy) is 1. The molecule has 0 amide bonds. The SMILES string of the molecule is O=C(O)Cc1cc(Cl)c(OCCO)cc1N1CC(O)C(NC2CCN(Cc3ccc(Cl)cc3)CC2)C1. The van der Waals surface area contributed by atoms with E-state index in [9.17, 15) is 15.0 Å². The first-order chi connectivity index (χ1) is 17.3. The zero-order valence-electron chi connectivity index (χ0n) is 20.1. The van der Waals surface area contributed by atoms with Crippen LogP contribution in [-0.4, -0.2) is 83.8 Å². The van der Waals surface area contributed by atoms with Gasteiger partial charge in [0.1, 0.15) is 12.4 Å². The number of rotatable bonds is 10. The normalized spacial score (nSPS) is 21.2. The molecule has 0 saturated carbocycles. The van der Waals surface area contributed by atoms with Crippen LogP contribution < -0.4 is 15.0 Å². The Bertz CT molecular complexity index is 1030. The molecular weight excluding hydrogens is 505 g/mol. The van der Waals surface area contributed by atoms with Crippen molar-refractivity contribution in [2.45, 2.75) is 44.0 Å². The average Bonchev–Trinajstić information content (AvgIpc) is 3.20. The lowest BCUT2D eigenvalue weighted by molar-refractivity contribution is -0.136. The minimum absolute atomic E-state index is 0.0843. The van der Waals surface area contributed by atoms with Gasteiger partial charge in [-0.25, -0.2) is 0 Å². The quantitative estimate of drug-likeness (QED) is 0.366. The molecule has 8 nitrogen and oxygen atoms in total. The Hall–Kier alpha value is -2.07. The molecule has 2 aliphatic rings. The number of halogens is 2. The smallest absolute Gasteiger partial charge is 0.307 e. The van der Waals surface area contributed by atoms with Crippen LogP contribution in [0.4, 0.5) is 5.69 Å². The van der Waals surface area contributed by atoms with E-state index in [1.54, 1.807) is 12.1 Å². The minimum atomic E-state index is -0.962. The second-order valence-electron chi connectivity index (χ2n) is 9.48. The van der Waals surface area contributed by atoms with Gasteiger partial charge in [0.05, 0.1) is 30.2 Å². The number of nitrogens with zero attached hydrogens (tertiary/aromatic N) is 2. The molecule has 2 aromatic rings. The molecule has 0 aliphatic carbocycles. The summed E-state index contributed by atoms with van der Waals surface area (Å²) in [6.07, 6.45) is 1.20. The van der Waals surface area contributed by atoms with Crippen LogP contribution in [0.3, 0.4) is 0 Å². The number of β-amino-alcohol motifs (C(OH)–C–C–N with tert-alkyl or cyclic N) is 1. The Labute approximate surface area is 221 Å². The highest BCUT2D eigenvalue weighted by atomic mass is 35.5. The van der Waals surface area contributed by atoms with Crippen molar-refractivity contribution in [3.63, 3.8) is 0 Å². The van der Waals surface area contributed by atoms with Crippen molar-refractivity contribution < 1.29 is 24.9 Å². The Morgan fingerprint density at radius 3 is 2.50 bits per heavy atom. The van der Waals surface area contributed by atoms with Gasteiger partial charge >= 0.3 is 5.97 Å². The van der Waals surface area contributed by atoms with E-state index in [0.29, 0.717) is 41.2 Å². The highest BCUT2D eigenvalue weighted by Crippen LogP contribution is 2.35. The Morgan fingerprint density at radius 1 is 1.11 bits per heavy atom. The third kappa shape index (κ3) is 7.03. The fraction of sp³-hybridized carbons (Fsp3) is 0.500. The van der Waals surface area contributed by atoms with E-state index in [4.69, 9.17) is 33.0 Å². The number of aliphatic carboxylic acids is 1. The number of aliphatic hydroxyl groups is 2. The molecule has 2 aliphatic heterocycles. The number of hydrogen-bond acceptors (Lipinski definition) is 7. The maximum absolute atomic E-state index is 11.5. The van der Waals surface area contributed by atoms with E-state index < -0.39 is 12.1 Å². The van der Waals surface area contributed by atoms with Crippen LogP contribution in [0.5, 0.6) is 5.75 Å². The Morgan fingerprint density at radius 2 is 1.83 bits per heavy atom. The molecule has 36 heavy (non-hydrogen) atoms.